The van der Waals surface area contributed by atoms with Gasteiger partial charge in [0.2, 0.25) is 0 Å². The third kappa shape index (κ3) is 6.16. The van der Waals surface area contributed by atoms with Crippen molar-refractivity contribution in [3.63, 3.8) is 0 Å². The van der Waals surface area contributed by atoms with E-state index in [0.717, 1.165) is 6.42 Å². The second-order valence-corrected chi connectivity index (χ2v) is 3.45. The number of rotatable bonds is 4. The molecule has 0 rings (SSSR count). The molecule has 0 spiro atoms. The van der Waals surface area contributed by atoms with E-state index in [-0.39, 0.29) is 12.6 Å². The number of hydrogen-bond donors (Lipinski definition) is 3. The van der Waals surface area contributed by atoms with Gasteiger partial charge >= 0.3 is 6.03 Å². The molecule has 4 nitrogen and oxygen atoms in total. The molecule has 3 N–H and O–H groups in total. The number of amides is 2. The van der Waals surface area contributed by atoms with Crippen molar-refractivity contribution in [1.82, 2.24) is 10.6 Å². The second kappa shape index (κ2) is 5.59. The van der Waals surface area contributed by atoms with Crippen LogP contribution in [0.4, 0.5) is 4.79 Å². The maximum absolute atomic E-state index is 11.1. The molecule has 0 heterocycles. The summed E-state index contributed by atoms with van der Waals surface area (Å²) in [7, 11) is 0. The molecule has 13 heavy (non-hydrogen) atoms. The number of nitrogens with one attached hydrogen (secondary N) is 2. The summed E-state index contributed by atoms with van der Waals surface area (Å²) >= 11 is 0. The average Bonchev–Trinajstić information content (AvgIpc) is 2.04. The van der Waals surface area contributed by atoms with Crippen LogP contribution in [-0.4, -0.2) is 23.3 Å². The fourth-order valence-corrected chi connectivity index (χ4v) is 0.635. The summed E-state index contributed by atoms with van der Waals surface area (Å²) in [6, 6.07) is -0.302. The van der Waals surface area contributed by atoms with Crippen LogP contribution in [0.5, 0.6) is 0 Å². The molecule has 4 heteroatoms. The fourth-order valence-electron chi connectivity index (χ4n) is 0.635. The van der Waals surface area contributed by atoms with Gasteiger partial charge in [-0.2, -0.15) is 0 Å². The van der Waals surface area contributed by atoms with E-state index < -0.39 is 5.54 Å². The van der Waals surface area contributed by atoms with Crippen LogP contribution in [0, 0.1) is 0 Å². The molecule has 2 amide bonds. The smallest absolute Gasteiger partial charge is 0.319 e. The molecule has 0 fully saturated rings. The fraction of sp³-hybridized carbons (Fsp3) is 0.667. The SMILES string of the molecule is CC/C=C/NC(=O)NC(C)(C)CO. The molecule has 0 atom stereocenters. The highest BCUT2D eigenvalue weighted by atomic mass is 16.3. The number of carbonyl (C=O) groups excluding carboxylic acids is 1. The summed E-state index contributed by atoms with van der Waals surface area (Å²) in [5.41, 5.74) is -0.579. The number of carbonyl (C=O) groups is 1. The van der Waals surface area contributed by atoms with Crippen molar-refractivity contribution in [3.05, 3.63) is 12.3 Å². The molecule has 0 bridgehead atoms. The molecule has 0 aromatic carbocycles. The first-order valence-electron chi connectivity index (χ1n) is 4.36. The first-order chi connectivity index (χ1) is 6.02. The van der Waals surface area contributed by atoms with E-state index in [9.17, 15) is 4.79 Å². The van der Waals surface area contributed by atoms with Crippen molar-refractivity contribution < 1.29 is 9.90 Å². The predicted molar refractivity (Wildman–Crippen MR) is 52.3 cm³/mol. The first kappa shape index (κ1) is 12.0. The Labute approximate surface area is 79.0 Å². The summed E-state index contributed by atoms with van der Waals surface area (Å²) in [5.74, 6) is 0. The molecular weight excluding hydrogens is 168 g/mol. The minimum absolute atomic E-state index is 0.0854. The molecule has 0 aliphatic carbocycles. The van der Waals surface area contributed by atoms with E-state index in [1.165, 1.54) is 0 Å². The summed E-state index contributed by atoms with van der Waals surface area (Å²) < 4.78 is 0. The van der Waals surface area contributed by atoms with Gasteiger partial charge in [0.05, 0.1) is 12.1 Å². The van der Waals surface area contributed by atoms with Crippen LogP contribution in [0.2, 0.25) is 0 Å². The zero-order valence-electron chi connectivity index (χ0n) is 8.42. The minimum Gasteiger partial charge on any atom is -0.394 e. The highest BCUT2D eigenvalue weighted by Gasteiger charge is 2.17. The van der Waals surface area contributed by atoms with Gasteiger partial charge in [-0.05, 0) is 20.3 Å². The maximum Gasteiger partial charge on any atom is 0.319 e. The largest absolute Gasteiger partial charge is 0.394 e. The topological polar surface area (TPSA) is 61.4 Å². The van der Waals surface area contributed by atoms with Crippen LogP contribution in [-0.2, 0) is 0 Å². The lowest BCUT2D eigenvalue weighted by molar-refractivity contribution is 0.183. The minimum atomic E-state index is -0.579. The quantitative estimate of drug-likeness (QED) is 0.613. The van der Waals surface area contributed by atoms with Gasteiger partial charge in [0.15, 0.2) is 0 Å². The summed E-state index contributed by atoms with van der Waals surface area (Å²) in [5, 5.41) is 14.0. The van der Waals surface area contributed by atoms with Crippen LogP contribution in [0.25, 0.3) is 0 Å². The lowest BCUT2D eigenvalue weighted by Gasteiger charge is -2.22. The van der Waals surface area contributed by atoms with Gasteiger partial charge in [-0.1, -0.05) is 13.0 Å². The number of allylic oxidation sites excluding steroid dienone is 1. The Hall–Kier alpha value is -1.03. The van der Waals surface area contributed by atoms with Gasteiger partial charge in [-0.3, -0.25) is 0 Å². The standard InChI is InChI=1S/C9H18N2O2/c1-4-5-6-10-8(13)11-9(2,3)7-12/h5-6,12H,4,7H2,1-3H3,(H2,10,11,13)/b6-5+. The maximum atomic E-state index is 11.1. The Morgan fingerprint density at radius 2 is 2.15 bits per heavy atom. The summed E-state index contributed by atoms with van der Waals surface area (Å²) in [6.07, 6.45) is 4.30. The van der Waals surface area contributed by atoms with Crippen LogP contribution in [0.15, 0.2) is 12.3 Å². The Kier molecular flexibility index (Phi) is 5.14. The van der Waals surface area contributed by atoms with Crippen molar-refractivity contribution in [2.45, 2.75) is 32.7 Å². The predicted octanol–water partition coefficient (Wildman–Crippen LogP) is 0.980. The molecule has 76 valence electrons. The van der Waals surface area contributed by atoms with E-state index >= 15 is 0 Å². The van der Waals surface area contributed by atoms with Crippen molar-refractivity contribution >= 4 is 6.03 Å². The normalized spacial score (nSPS) is 11.7. The van der Waals surface area contributed by atoms with Crippen LogP contribution in [0.1, 0.15) is 27.2 Å². The highest BCUT2D eigenvalue weighted by Crippen LogP contribution is 1.98. The third-order valence-electron chi connectivity index (χ3n) is 1.42. The zero-order valence-corrected chi connectivity index (χ0v) is 8.42. The monoisotopic (exact) mass is 186 g/mol. The van der Waals surface area contributed by atoms with Crippen LogP contribution in [0.3, 0.4) is 0 Å². The van der Waals surface area contributed by atoms with E-state index in [4.69, 9.17) is 5.11 Å². The first-order valence-corrected chi connectivity index (χ1v) is 4.36. The Morgan fingerprint density at radius 1 is 1.54 bits per heavy atom. The summed E-state index contributed by atoms with van der Waals surface area (Å²) in [4.78, 5) is 11.1. The van der Waals surface area contributed by atoms with E-state index in [1.54, 1.807) is 20.0 Å². The molecule has 0 aliphatic heterocycles. The number of aliphatic hydroxyl groups is 1. The van der Waals surface area contributed by atoms with Gasteiger partial charge in [0.25, 0.3) is 0 Å². The number of aliphatic hydroxyl groups excluding tert-OH is 1. The number of urea groups is 1. The zero-order chi connectivity index (χ0) is 10.3. The summed E-state index contributed by atoms with van der Waals surface area (Å²) in [6.45, 7) is 5.39. The Bertz CT molecular complexity index is 188. The molecule has 0 aromatic heterocycles. The molecule has 0 aliphatic rings. The molecule has 0 unspecified atom stereocenters. The van der Waals surface area contributed by atoms with Gasteiger partial charge in [-0.25, -0.2) is 4.79 Å². The van der Waals surface area contributed by atoms with E-state index in [2.05, 4.69) is 10.6 Å². The van der Waals surface area contributed by atoms with Crippen LogP contribution >= 0.6 is 0 Å². The highest BCUT2D eigenvalue weighted by molar-refractivity contribution is 5.75. The van der Waals surface area contributed by atoms with Crippen molar-refractivity contribution in [2.75, 3.05) is 6.61 Å². The molecular formula is C9H18N2O2. The third-order valence-corrected chi connectivity index (χ3v) is 1.42. The second-order valence-electron chi connectivity index (χ2n) is 3.45. The van der Waals surface area contributed by atoms with Gasteiger partial charge < -0.3 is 15.7 Å². The molecule has 0 saturated carbocycles. The Balaban J connectivity index is 3.81. The molecule has 0 radical (unpaired) electrons. The lowest BCUT2D eigenvalue weighted by Crippen LogP contribution is -2.49. The average molecular weight is 186 g/mol. The van der Waals surface area contributed by atoms with Gasteiger partial charge in [0.1, 0.15) is 0 Å². The lowest BCUT2D eigenvalue weighted by atomic mass is 10.1. The van der Waals surface area contributed by atoms with Crippen molar-refractivity contribution in [2.24, 2.45) is 0 Å². The molecule has 0 saturated heterocycles. The van der Waals surface area contributed by atoms with Gasteiger partial charge in [0, 0.05) is 6.20 Å². The number of hydrogen-bond acceptors (Lipinski definition) is 2. The van der Waals surface area contributed by atoms with E-state index in [1.807, 2.05) is 13.0 Å². The van der Waals surface area contributed by atoms with Crippen molar-refractivity contribution in [1.29, 1.82) is 0 Å². The Morgan fingerprint density at radius 3 is 2.62 bits per heavy atom. The van der Waals surface area contributed by atoms with Crippen LogP contribution < -0.4 is 10.6 Å². The van der Waals surface area contributed by atoms with Gasteiger partial charge in [-0.15, -0.1) is 0 Å². The van der Waals surface area contributed by atoms with E-state index in [0.29, 0.717) is 0 Å². The molecule has 0 aromatic rings. The van der Waals surface area contributed by atoms with Crippen molar-refractivity contribution in [3.8, 4) is 0 Å².